The summed E-state index contributed by atoms with van der Waals surface area (Å²) in [6.45, 7) is 2.12. The first-order valence-corrected chi connectivity index (χ1v) is 7.58. The normalized spacial score (nSPS) is 23.2. The van der Waals surface area contributed by atoms with Crippen LogP contribution in [0.25, 0.3) is 0 Å². The van der Waals surface area contributed by atoms with E-state index in [1.54, 1.807) is 12.1 Å². The zero-order chi connectivity index (χ0) is 12.6. The van der Waals surface area contributed by atoms with E-state index in [9.17, 15) is 13.5 Å². The lowest BCUT2D eigenvalue weighted by molar-refractivity contribution is 0.261. The summed E-state index contributed by atoms with van der Waals surface area (Å²) in [5.74, 6) is 0.253. The molecule has 1 aliphatic rings. The van der Waals surface area contributed by atoms with Crippen molar-refractivity contribution in [2.24, 2.45) is 0 Å². The van der Waals surface area contributed by atoms with E-state index in [0.717, 1.165) is 17.7 Å². The summed E-state index contributed by atoms with van der Waals surface area (Å²) in [6, 6.07) is 5.13. The molecule has 1 aromatic rings. The smallest absolute Gasteiger partial charge is 0.175 e. The third-order valence-electron chi connectivity index (χ3n) is 3.32. The summed E-state index contributed by atoms with van der Waals surface area (Å²) < 4.78 is 22.9. The van der Waals surface area contributed by atoms with Crippen molar-refractivity contribution in [2.75, 3.05) is 18.2 Å². The van der Waals surface area contributed by atoms with Crippen molar-refractivity contribution in [1.29, 1.82) is 0 Å². The number of fused-ring (bicyclic) bond motifs is 1. The number of aliphatic hydroxyl groups is 1. The van der Waals surface area contributed by atoms with Crippen LogP contribution < -0.4 is 5.32 Å². The molecule has 17 heavy (non-hydrogen) atoms. The van der Waals surface area contributed by atoms with E-state index in [0.29, 0.717) is 4.90 Å². The zero-order valence-electron chi connectivity index (χ0n) is 9.97. The predicted molar refractivity (Wildman–Crippen MR) is 67.1 cm³/mol. The molecule has 1 aliphatic heterocycles. The summed E-state index contributed by atoms with van der Waals surface area (Å²) in [4.78, 5) is 0.317. The number of rotatable bonds is 3. The van der Waals surface area contributed by atoms with Gasteiger partial charge in [-0.25, -0.2) is 8.42 Å². The first-order chi connectivity index (χ1) is 7.97. The van der Waals surface area contributed by atoms with E-state index in [-0.39, 0.29) is 18.6 Å². The molecule has 2 rings (SSSR count). The van der Waals surface area contributed by atoms with Gasteiger partial charge in [0.25, 0.3) is 0 Å². The summed E-state index contributed by atoms with van der Waals surface area (Å²) in [7, 11) is -3.18. The lowest BCUT2D eigenvalue weighted by Gasteiger charge is -2.15. The van der Waals surface area contributed by atoms with Gasteiger partial charge in [0.2, 0.25) is 0 Å². The Morgan fingerprint density at radius 1 is 1.41 bits per heavy atom. The summed E-state index contributed by atoms with van der Waals surface area (Å²) >= 11 is 0. The van der Waals surface area contributed by atoms with Crippen LogP contribution in [0.2, 0.25) is 0 Å². The minimum Gasteiger partial charge on any atom is -0.394 e. The highest BCUT2D eigenvalue weighted by molar-refractivity contribution is 7.90. The van der Waals surface area contributed by atoms with Crippen LogP contribution >= 0.6 is 0 Å². The summed E-state index contributed by atoms with van der Waals surface area (Å²) in [5, 5.41) is 12.5. The highest BCUT2D eigenvalue weighted by atomic mass is 32.2. The molecule has 94 valence electrons. The van der Waals surface area contributed by atoms with E-state index >= 15 is 0 Å². The molecule has 0 radical (unpaired) electrons. The van der Waals surface area contributed by atoms with Gasteiger partial charge >= 0.3 is 0 Å². The monoisotopic (exact) mass is 255 g/mol. The Morgan fingerprint density at radius 2 is 2.12 bits per heavy atom. The molecule has 0 saturated carbocycles. The topological polar surface area (TPSA) is 66.4 Å². The maximum Gasteiger partial charge on any atom is 0.175 e. The Hall–Kier alpha value is -1.07. The zero-order valence-corrected chi connectivity index (χ0v) is 10.8. The van der Waals surface area contributed by atoms with Gasteiger partial charge < -0.3 is 10.4 Å². The molecule has 0 aliphatic carbocycles. The fraction of sp³-hybridized carbons (Fsp3) is 0.500. The summed E-state index contributed by atoms with van der Waals surface area (Å²) in [5.41, 5.74) is 1.93. The Kier molecular flexibility index (Phi) is 3.14. The largest absolute Gasteiger partial charge is 0.394 e. The molecule has 0 spiro atoms. The van der Waals surface area contributed by atoms with E-state index in [1.165, 1.54) is 6.26 Å². The number of hydrogen-bond donors (Lipinski definition) is 2. The van der Waals surface area contributed by atoms with Gasteiger partial charge in [0.05, 0.1) is 17.5 Å². The Bertz CT molecular complexity index is 525. The van der Waals surface area contributed by atoms with Crippen LogP contribution in [0.1, 0.15) is 24.8 Å². The van der Waals surface area contributed by atoms with Crippen LogP contribution in [-0.4, -0.2) is 32.4 Å². The quantitative estimate of drug-likeness (QED) is 0.856. The number of anilines is 1. The maximum atomic E-state index is 11.5. The van der Waals surface area contributed by atoms with Gasteiger partial charge in [-0.15, -0.1) is 0 Å². The highest BCUT2D eigenvalue weighted by Gasteiger charge is 2.30. The second-order valence-corrected chi connectivity index (χ2v) is 6.49. The third kappa shape index (κ3) is 2.17. The fourth-order valence-corrected chi connectivity index (χ4v) is 3.06. The summed E-state index contributed by atoms with van der Waals surface area (Å²) in [6.07, 6.45) is 2.12. The third-order valence-corrected chi connectivity index (χ3v) is 4.43. The average Bonchev–Trinajstić information content (AvgIpc) is 2.64. The van der Waals surface area contributed by atoms with Gasteiger partial charge in [-0.3, -0.25) is 0 Å². The predicted octanol–water partition coefficient (Wildman–Crippen LogP) is 1.37. The lowest BCUT2D eigenvalue weighted by Crippen LogP contribution is -2.24. The van der Waals surface area contributed by atoms with Crippen molar-refractivity contribution >= 4 is 15.5 Å². The van der Waals surface area contributed by atoms with Crippen molar-refractivity contribution in [3.05, 3.63) is 23.8 Å². The van der Waals surface area contributed by atoms with Crippen LogP contribution in [-0.2, 0) is 9.84 Å². The molecular formula is C12H17NO3S. The van der Waals surface area contributed by atoms with Gasteiger partial charge in [-0.05, 0) is 24.1 Å². The van der Waals surface area contributed by atoms with Crippen molar-refractivity contribution in [2.45, 2.75) is 30.2 Å². The van der Waals surface area contributed by atoms with Gasteiger partial charge in [-0.1, -0.05) is 13.0 Å². The molecule has 2 unspecified atom stereocenters. The van der Waals surface area contributed by atoms with Gasteiger partial charge in [0, 0.05) is 17.9 Å². The minimum atomic E-state index is -3.18. The second kappa shape index (κ2) is 4.31. The molecule has 0 fully saturated rings. The Morgan fingerprint density at radius 3 is 2.65 bits per heavy atom. The average molecular weight is 255 g/mol. The standard InChI is InChI=1S/C12H17NO3S/c1-3-9-10-5-4-8(17(2,15)16)6-11(10)13-12(9)7-14/h4-6,9,12-14H,3,7H2,1-2H3. The van der Waals surface area contributed by atoms with Crippen molar-refractivity contribution in [3.63, 3.8) is 0 Å². The molecule has 2 atom stereocenters. The molecule has 2 N–H and O–H groups in total. The molecule has 0 saturated heterocycles. The highest BCUT2D eigenvalue weighted by Crippen LogP contribution is 2.38. The Balaban J connectivity index is 2.45. The molecule has 1 aromatic carbocycles. The molecule has 5 heteroatoms. The molecule has 0 aromatic heterocycles. The number of nitrogens with one attached hydrogen (secondary N) is 1. The molecule has 0 bridgehead atoms. The number of aliphatic hydroxyl groups excluding tert-OH is 1. The minimum absolute atomic E-state index is 0.00943. The van der Waals surface area contributed by atoms with E-state index in [2.05, 4.69) is 12.2 Å². The van der Waals surface area contributed by atoms with Crippen molar-refractivity contribution in [3.8, 4) is 0 Å². The fourth-order valence-electron chi connectivity index (χ4n) is 2.41. The van der Waals surface area contributed by atoms with E-state index < -0.39 is 9.84 Å². The second-order valence-electron chi connectivity index (χ2n) is 4.47. The first-order valence-electron chi connectivity index (χ1n) is 5.68. The van der Waals surface area contributed by atoms with Gasteiger partial charge in [0.1, 0.15) is 0 Å². The molecule has 1 heterocycles. The van der Waals surface area contributed by atoms with Crippen LogP contribution in [0.15, 0.2) is 23.1 Å². The van der Waals surface area contributed by atoms with Gasteiger partial charge in [0.15, 0.2) is 9.84 Å². The number of benzene rings is 1. The number of hydrogen-bond acceptors (Lipinski definition) is 4. The van der Waals surface area contributed by atoms with E-state index in [4.69, 9.17) is 0 Å². The van der Waals surface area contributed by atoms with Crippen molar-refractivity contribution in [1.82, 2.24) is 0 Å². The first kappa shape index (κ1) is 12.4. The van der Waals surface area contributed by atoms with Crippen LogP contribution in [0.3, 0.4) is 0 Å². The molecular weight excluding hydrogens is 238 g/mol. The molecule has 0 amide bonds. The lowest BCUT2D eigenvalue weighted by atomic mass is 9.93. The Labute approximate surface area is 102 Å². The molecule has 4 nitrogen and oxygen atoms in total. The van der Waals surface area contributed by atoms with Crippen LogP contribution in [0.5, 0.6) is 0 Å². The van der Waals surface area contributed by atoms with Crippen LogP contribution in [0.4, 0.5) is 5.69 Å². The number of sulfone groups is 1. The van der Waals surface area contributed by atoms with E-state index in [1.807, 2.05) is 6.07 Å². The maximum absolute atomic E-state index is 11.5. The van der Waals surface area contributed by atoms with Crippen molar-refractivity contribution < 1.29 is 13.5 Å². The van der Waals surface area contributed by atoms with Crippen LogP contribution in [0, 0.1) is 0 Å². The SMILES string of the molecule is CCC1c2ccc(S(C)(=O)=O)cc2NC1CO. The van der Waals surface area contributed by atoms with Gasteiger partial charge in [-0.2, -0.15) is 0 Å².